The molecule has 0 aliphatic carbocycles. The van der Waals surface area contributed by atoms with Crippen molar-refractivity contribution in [1.29, 1.82) is 0 Å². The average Bonchev–Trinajstić information content (AvgIpc) is 2.31. The van der Waals surface area contributed by atoms with Crippen LogP contribution in [0.25, 0.3) is 0 Å². The van der Waals surface area contributed by atoms with Gasteiger partial charge in [-0.2, -0.15) is 0 Å². The van der Waals surface area contributed by atoms with Crippen LogP contribution < -0.4 is 5.73 Å². The van der Waals surface area contributed by atoms with E-state index in [0.717, 1.165) is 12.8 Å². The molecule has 1 aromatic carbocycles. The largest absolute Gasteiger partial charge is 0.336 e. The Morgan fingerprint density at radius 2 is 2.28 bits per heavy atom. The molecule has 5 heteroatoms. The number of benzene rings is 1. The topological polar surface area (TPSA) is 46.3 Å². The van der Waals surface area contributed by atoms with Crippen molar-refractivity contribution in [2.45, 2.75) is 31.8 Å². The maximum Gasteiger partial charge on any atom is 0.257 e. The molecular formula is C13H16ClFN2O. The van der Waals surface area contributed by atoms with Gasteiger partial charge in [0.2, 0.25) is 0 Å². The minimum absolute atomic E-state index is 0.0274. The fourth-order valence-electron chi connectivity index (χ4n) is 2.33. The van der Waals surface area contributed by atoms with E-state index >= 15 is 0 Å². The summed E-state index contributed by atoms with van der Waals surface area (Å²) in [7, 11) is 0. The zero-order valence-electron chi connectivity index (χ0n) is 10.2. The summed E-state index contributed by atoms with van der Waals surface area (Å²) < 4.78 is 13.6. The summed E-state index contributed by atoms with van der Waals surface area (Å²) in [5, 5.41) is 0.362. The molecule has 1 aliphatic rings. The Kier molecular flexibility index (Phi) is 3.88. The molecule has 0 aromatic heterocycles. The Hall–Kier alpha value is -1.13. The summed E-state index contributed by atoms with van der Waals surface area (Å²) in [6, 6.07) is 4.17. The van der Waals surface area contributed by atoms with Gasteiger partial charge in [-0.3, -0.25) is 4.79 Å². The molecule has 1 aliphatic heterocycles. The second-order valence-corrected chi connectivity index (χ2v) is 5.19. The third-order valence-electron chi connectivity index (χ3n) is 3.34. The van der Waals surface area contributed by atoms with Crippen LogP contribution in [0.5, 0.6) is 0 Å². The first-order valence-corrected chi connectivity index (χ1v) is 6.38. The van der Waals surface area contributed by atoms with Gasteiger partial charge in [-0.15, -0.1) is 0 Å². The van der Waals surface area contributed by atoms with Crippen LogP contribution in [0.2, 0.25) is 5.02 Å². The summed E-state index contributed by atoms with van der Waals surface area (Å²) in [5.41, 5.74) is 5.88. The molecule has 1 aromatic rings. The minimum atomic E-state index is -0.536. The number of carbonyl (C=O) groups is 1. The number of carbonyl (C=O) groups excluding carboxylic acids is 1. The van der Waals surface area contributed by atoms with Gasteiger partial charge >= 0.3 is 0 Å². The highest BCUT2D eigenvalue weighted by atomic mass is 35.5. The Morgan fingerprint density at radius 1 is 1.56 bits per heavy atom. The molecule has 1 fully saturated rings. The van der Waals surface area contributed by atoms with E-state index in [1.54, 1.807) is 4.90 Å². The summed E-state index contributed by atoms with van der Waals surface area (Å²) in [6.45, 7) is 2.49. The number of amides is 1. The van der Waals surface area contributed by atoms with Crippen molar-refractivity contribution in [3.8, 4) is 0 Å². The zero-order chi connectivity index (χ0) is 13.3. The van der Waals surface area contributed by atoms with Crippen molar-refractivity contribution in [2.75, 3.05) is 6.54 Å². The minimum Gasteiger partial charge on any atom is -0.336 e. The molecule has 0 unspecified atom stereocenters. The molecule has 0 spiro atoms. The van der Waals surface area contributed by atoms with Crippen LogP contribution >= 0.6 is 11.6 Å². The van der Waals surface area contributed by atoms with Crippen LogP contribution in [0, 0.1) is 5.82 Å². The van der Waals surface area contributed by atoms with Gasteiger partial charge < -0.3 is 10.6 Å². The van der Waals surface area contributed by atoms with E-state index in [1.165, 1.54) is 18.2 Å². The molecule has 2 atom stereocenters. The van der Waals surface area contributed by atoms with Gasteiger partial charge in [-0.25, -0.2) is 4.39 Å². The predicted octanol–water partition coefficient (Wildman–Crippen LogP) is 2.43. The molecule has 0 radical (unpaired) electrons. The highest BCUT2D eigenvalue weighted by Gasteiger charge is 2.29. The van der Waals surface area contributed by atoms with Crippen molar-refractivity contribution in [3.05, 3.63) is 34.6 Å². The van der Waals surface area contributed by atoms with Crippen LogP contribution in [0.15, 0.2) is 18.2 Å². The second-order valence-electron chi connectivity index (χ2n) is 4.76. The lowest BCUT2D eigenvalue weighted by molar-refractivity contribution is 0.0614. The predicted molar refractivity (Wildman–Crippen MR) is 69.1 cm³/mol. The lowest BCUT2D eigenvalue weighted by Gasteiger charge is -2.36. The number of piperidine rings is 1. The summed E-state index contributed by atoms with van der Waals surface area (Å²) in [6.07, 6.45) is 1.49. The lowest BCUT2D eigenvalue weighted by atomic mass is 9.98. The average molecular weight is 271 g/mol. The van der Waals surface area contributed by atoms with Crippen LogP contribution in [0.1, 0.15) is 30.1 Å². The van der Waals surface area contributed by atoms with Gasteiger partial charge in [0.05, 0.1) is 5.56 Å². The first-order chi connectivity index (χ1) is 8.49. The Bertz CT molecular complexity index is 466. The van der Waals surface area contributed by atoms with E-state index in [9.17, 15) is 9.18 Å². The van der Waals surface area contributed by atoms with Gasteiger partial charge in [0.25, 0.3) is 5.91 Å². The lowest BCUT2D eigenvalue weighted by Crippen LogP contribution is -2.48. The number of likely N-dealkylation sites (tertiary alicyclic amines) is 1. The molecular weight excluding hydrogens is 255 g/mol. The van der Waals surface area contributed by atoms with E-state index < -0.39 is 5.82 Å². The number of rotatable bonds is 1. The van der Waals surface area contributed by atoms with Crippen molar-refractivity contribution in [2.24, 2.45) is 5.73 Å². The summed E-state index contributed by atoms with van der Waals surface area (Å²) in [5.74, 6) is -0.846. The van der Waals surface area contributed by atoms with Crippen molar-refractivity contribution >= 4 is 17.5 Å². The van der Waals surface area contributed by atoms with Gasteiger partial charge in [0, 0.05) is 23.7 Å². The van der Waals surface area contributed by atoms with Crippen LogP contribution in [-0.2, 0) is 0 Å². The fourth-order valence-corrected chi connectivity index (χ4v) is 2.50. The van der Waals surface area contributed by atoms with Gasteiger partial charge in [0.15, 0.2) is 0 Å². The van der Waals surface area contributed by atoms with Crippen LogP contribution in [-0.4, -0.2) is 29.4 Å². The van der Waals surface area contributed by atoms with Crippen LogP contribution in [0.4, 0.5) is 4.39 Å². The Labute approximate surface area is 111 Å². The van der Waals surface area contributed by atoms with E-state index in [2.05, 4.69) is 0 Å². The van der Waals surface area contributed by atoms with Gasteiger partial charge in [-0.05, 0) is 38.0 Å². The molecule has 1 amide bonds. The first-order valence-electron chi connectivity index (χ1n) is 6.00. The van der Waals surface area contributed by atoms with Crippen molar-refractivity contribution in [3.63, 3.8) is 0 Å². The number of hydrogen-bond acceptors (Lipinski definition) is 2. The van der Waals surface area contributed by atoms with Gasteiger partial charge in [-0.1, -0.05) is 11.6 Å². The quantitative estimate of drug-likeness (QED) is 0.852. The normalized spacial score (nSPS) is 24.1. The third-order valence-corrected chi connectivity index (χ3v) is 3.57. The first kappa shape index (κ1) is 13.3. The number of nitrogens with two attached hydrogens (primary N) is 1. The maximum atomic E-state index is 13.6. The van der Waals surface area contributed by atoms with Crippen molar-refractivity contribution in [1.82, 2.24) is 4.90 Å². The molecule has 1 saturated heterocycles. The third kappa shape index (κ3) is 2.65. The highest BCUT2D eigenvalue weighted by molar-refractivity contribution is 6.31. The SMILES string of the molecule is C[C@H]1C[C@@H](N)CCN1C(=O)c1cc(Cl)ccc1F. The van der Waals surface area contributed by atoms with E-state index in [1.807, 2.05) is 6.92 Å². The molecule has 1 heterocycles. The molecule has 2 rings (SSSR count). The Morgan fingerprint density at radius 3 is 2.94 bits per heavy atom. The zero-order valence-corrected chi connectivity index (χ0v) is 11.0. The smallest absolute Gasteiger partial charge is 0.257 e. The number of nitrogens with zero attached hydrogens (tertiary/aromatic N) is 1. The summed E-state index contributed by atoms with van der Waals surface area (Å²) in [4.78, 5) is 13.9. The molecule has 2 N–H and O–H groups in total. The molecule has 0 saturated carbocycles. The van der Waals surface area contributed by atoms with Crippen molar-refractivity contribution < 1.29 is 9.18 Å². The van der Waals surface area contributed by atoms with Crippen LogP contribution in [0.3, 0.4) is 0 Å². The summed E-state index contributed by atoms with van der Waals surface area (Å²) >= 11 is 5.80. The van der Waals surface area contributed by atoms with E-state index in [4.69, 9.17) is 17.3 Å². The molecule has 98 valence electrons. The van der Waals surface area contributed by atoms with Gasteiger partial charge in [0.1, 0.15) is 5.82 Å². The number of halogens is 2. The van der Waals surface area contributed by atoms with E-state index in [0.29, 0.717) is 11.6 Å². The second kappa shape index (κ2) is 5.24. The monoisotopic (exact) mass is 270 g/mol. The van der Waals surface area contributed by atoms with E-state index in [-0.39, 0.29) is 23.6 Å². The fraction of sp³-hybridized carbons (Fsp3) is 0.462. The standard InChI is InChI=1S/C13H16ClFN2O/c1-8-6-10(16)4-5-17(8)13(18)11-7-9(14)2-3-12(11)15/h2-3,7-8,10H,4-6,16H2,1H3/t8-,10-/m0/s1. The number of hydrogen-bond donors (Lipinski definition) is 1. The maximum absolute atomic E-state index is 13.6. The molecule has 18 heavy (non-hydrogen) atoms. The molecule has 3 nitrogen and oxygen atoms in total. The highest BCUT2D eigenvalue weighted by Crippen LogP contribution is 2.22. The molecule has 0 bridgehead atoms. The Balaban J connectivity index is 2.23.